The maximum Gasteiger partial charge on any atom is 0.290 e. The van der Waals surface area contributed by atoms with Crippen LogP contribution in [0.1, 0.15) is 30.0 Å². The smallest absolute Gasteiger partial charge is 0.290 e. The van der Waals surface area contributed by atoms with Gasteiger partial charge in [-0.3, -0.25) is 10.1 Å². The lowest BCUT2D eigenvalue weighted by Crippen LogP contribution is -2.26. The van der Waals surface area contributed by atoms with Crippen LogP contribution in [-0.2, 0) is 0 Å². The summed E-state index contributed by atoms with van der Waals surface area (Å²) in [5.74, 6) is 0.937. The highest BCUT2D eigenvalue weighted by Gasteiger charge is 2.35. The highest BCUT2D eigenvalue weighted by molar-refractivity contribution is 5.50. The number of nitro groups is 1. The summed E-state index contributed by atoms with van der Waals surface area (Å²) in [5.41, 5.74) is 1.64. The van der Waals surface area contributed by atoms with Crippen LogP contribution in [0.3, 0.4) is 0 Å². The number of aryl methyl sites for hydroxylation is 1. The Morgan fingerprint density at radius 2 is 2.00 bits per heavy atom. The molecule has 1 heterocycles. The molecular formula is C17H18FN3O2. The normalized spacial score (nSPS) is 15.3. The van der Waals surface area contributed by atoms with Crippen molar-refractivity contribution in [1.82, 2.24) is 4.98 Å². The predicted molar refractivity (Wildman–Crippen MR) is 85.9 cm³/mol. The van der Waals surface area contributed by atoms with Gasteiger partial charge in [0, 0.05) is 12.6 Å². The SMILES string of the molecule is Cc1cc(N(C)C(c2ccc(F)cc2)C2CC2)ncc1[N+](=O)[O-]. The molecule has 1 aromatic carbocycles. The fourth-order valence-corrected chi connectivity index (χ4v) is 2.94. The molecule has 0 saturated heterocycles. The third-order valence-electron chi connectivity index (χ3n) is 4.32. The third kappa shape index (κ3) is 3.16. The molecule has 0 N–H and O–H groups in total. The minimum absolute atomic E-state index is 0.0203. The molecule has 5 nitrogen and oxygen atoms in total. The summed E-state index contributed by atoms with van der Waals surface area (Å²) >= 11 is 0. The zero-order valence-electron chi connectivity index (χ0n) is 13.1. The lowest BCUT2D eigenvalue weighted by Gasteiger charge is -2.30. The lowest BCUT2D eigenvalue weighted by molar-refractivity contribution is -0.385. The highest BCUT2D eigenvalue weighted by atomic mass is 19.1. The molecular weight excluding hydrogens is 297 g/mol. The first-order valence-corrected chi connectivity index (χ1v) is 7.56. The molecule has 120 valence electrons. The van der Waals surface area contributed by atoms with E-state index < -0.39 is 4.92 Å². The van der Waals surface area contributed by atoms with E-state index in [2.05, 4.69) is 4.98 Å². The molecule has 1 aromatic heterocycles. The van der Waals surface area contributed by atoms with Gasteiger partial charge in [-0.2, -0.15) is 0 Å². The van der Waals surface area contributed by atoms with Crippen LogP contribution in [0.4, 0.5) is 15.9 Å². The molecule has 0 amide bonds. The van der Waals surface area contributed by atoms with Crippen LogP contribution in [0.2, 0.25) is 0 Å². The van der Waals surface area contributed by atoms with Gasteiger partial charge in [0.25, 0.3) is 5.69 Å². The van der Waals surface area contributed by atoms with Crippen molar-refractivity contribution in [2.75, 3.05) is 11.9 Å². The van der Waals surface area contributed by atoms with Crippen LogP contribution >= 0.6 is 0 Å². The molecule has 0 aliphatic heterocycles. The molecule has 0 bridgehead atoms. The van der Waals surface area contributed by atoms with Crippen molar-refractivity contribution in [3.8, 4) is 0 Å². The molecule has 23 heavy (non-hydrogen) atoms. The van der Waals surface area contributed by atoms with Crippen molar-refractivity contribution in [3.63, 3.8) is 0 Å². The minimum Gasteiger partial charge on any atom is -0.352 e. The standard InChI is InChI=1S/C17H18FN3O2/c1-11-9-16(19-10-15(11)21(22)23)20(2)17(12-3-4-12)13-5-7-14(18)8-6-13/h5-10,12,17H,3-4H2,1-2H3. The third-order valence-corrected chi connectivity index (χ3v) is 4.32. The average Bonchev–Trinajstić information content (AvgIpc) is 3.33. The monoisotopic (exact) mass is 315 g/mol. The second-order valence-corrected chi connectivity index (χ2v) is 6.03. The first-order valence-electron chi connectivity index (χ1n) is 7.56. The molecule has 0 radical (unpaired) electrons. The van der Waals surface area contributed by atoms with Gasteiger partial charge in [-0.05, 0) is 49.4 Å². The van der Waals surface area contributed by atoms with Crippen LogP contribution in [0.15, 0.2) is 36.5 Å². The van der Waals surface area contributed by atoms with E-state index in [-0.39, 0.29) is 17.5 Å². The van der Waals surface area contributed by atoms with Crippen LogP contribution in [-0.4, -0.2) is 17.0 Å². The second kappa shape index (κ2) is 5.95. The molecule has 1 fully saturated rings. The average molecular weight is 315 g/mol. The lowest BCUT2D eigenvalue weighted by atomic mass is 10.0. The van der Waals surface area contributed by atoms with Gasteiger partial charge in [-0.15, -0.1) is 0 Å². The molecule has 0 spiro atoms. The summed E-state index contributed by atoms with van der Waals surface area (Å²) in [4.78, 5) is 16.8. The Labute approximate surface area is 133 Å². The fraction of sp³-hybridized carbons (Fsp3) is 0.353. The van der Waals surface area contributed by atoms with Gasteiger partial charge in [0.2, 0.25) is 0 Å². The molecule has 1 saturated carbocycles. The summed E-state index contributed by atoms with van der Waals surface area (Å²) in [5, 5.41) is 10.9. The number of hydrogen-bond acceptors (Lipinski definition) is 4. The Morgan fingerprint density at radius 1 is 1.35 bits per heavy atom. The van der Waals surface area contributed by atoms with E-state index in [4.69, 9.17) is 0 Å². The van der Waals surface area contributed by atoms with E-state index >= 15 is 0 Å². The largest absolute Gasteiger partial charge is 0.352 e. The first-order chi connectivity index (χ1) is 11.0. The summed E-state index contributed by atoms with van der Waals surface area (Å²) in [7, 11) is 1.93. The quantitative estimate of drug-likeness (QED) is 0.617. The van der Waals surface area contributed by atoms with Crippen molar-refractivity contribution in [2.45, 2.75) is 25.8 Å². The molecule has 1 aliphatic rings. The summed E-state index contributed by atoms with van der Waals surface area (Å²) < 4.78 is 13.2. The maximum absolute atomic E-state index is 13.2. The van der Waals surface area contributed by atoms with Crippen molar-refractivity contribution >= 4 is 11.5 Å². The number of nitrogens with zero attached hydrogens (tertiary/aromatic N) is 3. The number of anilines is 1. The number of hydrogen-bond donors (Lipinski definition) is 0. The van der Waals surface area contributed by atoms with Gasteiger partial charge in [-0.1, -0.05) is 12.1 Å². The number of aromatic nitrogens is 1. The van der Waals surface area contributed by atoms with Crippen molar-refractivity contribution < 1.29 is 9.31 Å². The van der Waals surface area contributed by atoms with E-state index in [1.165, 1.54) is 18.3 Å². The van der Waals surface area contributed by atoms with Crippen molar-refractivity contribution in [2.24, 2.45) is 5.92 Å². The van der Waals surface area contributed by atoms with Gasteiger partial charge in [0.15, 0.2) is 0 Å². The molecule has 2 aromatic rings. The zero-order valence-corrected chi connectivity index (χ0v) is 13.1. The predicted octanol–water partition coefficient (Wildman–Crippen LogP) is 4.02. The van der Waals surface area contributed by atoms with Crippen LogP contribution in [0.25, 0.3) is 0 Å². The molecule has 1 atom stereocenters. The number of pyridine rings is 1. The van der Waals surface area contributed by atoms with E-state index in [0.29, 0.717) is 17.3 Å². The Balaban J connectivity index is 1.92. The summed E-state index contributed by atoms with van der Waals surface area (Å²) in [6, 6.07) is 8.36. The zero-order chi connectivity index (χ0) is 16.6. The van der Waals surface area contributed by atoms with Gasteiger partial charge in [0.1, 0.15) is 17.8 Å². The highest BCUT2D eigenvalue weighted by Crippen LogP contribution is 2.45. The minimum atomic E-state index is -0.426. The second-order valence-electron chi connectivity index (χ2n) is 6.03. The van der Waals surface area contributed by atoms with E-state index in [0.717, 1.165) is 18.4 Å². The van der Waals surface area contributed by atoms with Crippen molar-refractivity contribution in [3.05, 3.63) is 63.6 Å². The summed E-state index contributed by atoms with van der Waals surface area (Å²) in [6.45, 7) is 1.71. The number of halogens is 1. The molecule has 1 aliphatic carbocycles. The topological polar surface area (TPSA) is 59.3 Å². The van der Waals surface area contributed by atoms with Gasteiger partial charge in [-0.25, -0.2) is 9.37 Å². The van der Waals surface area contributed by atoms with E-state index in [1.807, 2.05) is 11.9 Å². The van der Waals surface area contributed by atoms with Gasteiger partial charge < -0.3 is 4.90 Å². The van der Waals surface area contributed by atoms with Crippen LogP contribution in [0, 0.1) is 28.8 Å². The van der Waals surface area contributed by atoms with E-state index in [9.17, 15) is 14.5 Å². The fourth-order valence-electron chi connectivity index (χ4n) is 2.94. The van der Waals surface area contributed by atoms with Crippen LogP contribution < -0.4 is 4.90 Å². The van der Waals surface area contributed by atoms with Crippen molar-refractivity contribution in [1.29, 1.82) is 0 Å². The number of benzene rings is 1. The molecule has 3 rings (SSSR count). The Kier molecular flexibility index (Phi) is 3.98. The Morgan fingerprint density at radius 3 is 2.52 bits per heavy atom. The van der Waals surface area contributed by atoms with Crippen LogP contribution in [0.5, 0.6) is 0 Å². The maximum atomic E-state index is 13.2. The Bertz CT molecular complexity index is 729. The molecule has 1 unspecified atom stereocenters. The van der Waals surface area contributed by atoms with E-state index in [1.54, 1.807) is 25.1 Å². The Hall–Kier alpha value is -2.50. The first kappa shape index (κ1) is 15.4. The molecule has 6 heteroatoms. The van der Waals surface area contributed by atoms with Gasteiger partial charge in [0.05, 0.1) is 11.0 Å². The summed E-state index contributed by atoms with van der Waals surface area (Å²) in [6.07, 6.45) is 3.55. The number of rotatable bonds is 5. The van der Waals surface area contributed by atoms with Gasteiger partial charge >= 0.3 is 0 Å².